The highest BCUT2D eigenvalue weighted by Gasteiger charge is 2.33. The molecule has 0 aliphatic carbocycles. The van der Waals surface area contributed by atoms with Gasteiger partial charge in [-0.2, -0.15) is 4.31 Å². The van der Waals surface area contributed by atoms with Crippen LogP contribution in [0.1, 0.15) is 6.92 Å². The average Bonchev–Trinajstić information content (AvgIpc) is 2.72. The van der Waals surface area contributed by atoms with Crippen molar-refractivity contribution in [3.8, 4) is 0 Å². The summed E-state index contributed by atoms with van der Waals surface area (Å²) in [6.45, 7) is 1.87. The number of piperazine rings is 1. The fraction of sp³-hybridized carbons (Fsp3) is 0.316. The predicted molar refractivity (Wildman–Crippen MR) is 101 cm³/mol. The van der Waals surface area contributed by atoms with E-state index in [1.165, 1.54) is 6.07 Å². The van der Waals surface area contributed by atoms with Crippen molar-refractivity contribution in [2.75, 3.05) is 31.5 Å². The second kappa shape index (κ2) is 8.70. The number of hydrogen-bond acceptors (Lipinski definition) is 4. The van der Waals surface area contributed by atoms with Crippen LogP contribution in [0.15, 0.2) is 41.3 Å². The fourth-order valence-electron chi connectivity index (χ4n) is 3.13. The summed E-state index contributed by atoms with van der Waals surface area (Å²) in [5.74, 6) is -4.51. The first-order valence-electron chi connectivity index (χ1n) is 9.05. The summed E-state index contributed by atoms with van der Waals surface area (Å²) in [5.41, 5.74) is 0.0912. The molecule has 2 aromatic carbocycles. The molecule has 11 heteroatoms. The van der Waals surface area contributed by atoms with Gasteiger partial charge in [-0.25, -0.2) is 26.0 Å². The van der Waals surface area contributed by atoms with Crippen molar-refractivity contribution in [3.63, 3.8) is 0 Å². The van der Waals surface area contributed by atoms with Gasteiger partial charge in [0.2, 0.25) is 15.9 Å². The highest BCUT2D eigenvalue weighted by atomic mass is 32.2. The molecule has 1 heterocycles. The molecular formula is C19H19F4N3O3S. The Balaban J connectivity index is 1.63. The zero-order valence-electron chi connectivity index (χ0n) is 15.9. The lowest BCUT2D eigenvalue weighted by Crippen LogP contribution is -2.54. The molecule has 0 aromatic heterocycles. The summed E-state index contributed by atoms with van der Waals surface area (Å²) in [4.78, 5) is 13.4. The maximum atomic E-state index is 13.9. The number of carbonyl (C=O) groups is 1. The molecule has 1 N–H and O–H groups in total. The van der Waals surface area contributed by atoms with Gasteiger partial charge >= 0.3 is 0 Å². The largest absolute Gasteiger partial charge is 0.325 e. The fourth-order valence-corrected chi connectivity index (χ4v) is 4.63. The van der Waals surface area contributed by atoms with Crippen molar-refractivity contribution in [1.29, 1.82) is 0 Å². The van der Waals surface area contributed by atoms with Gasteiger partial charge in [0.25, 0.3) is 0 Å². The van der Waals surface area contributed by atoms with Gasteiger partial charge in [0.1, 0.15) is 16.5 Å². The van der Waals surface area contributed by atoms with Gasteiger partial charge in [-0.3, -0.25) is 9.69 Å². The molecular weight excluding hydrogens is 426 g/mol. The van der Waals surface area contributed by atoms with E-state index < -0.39 is 50.1 Å². The van der Waals surface area contributed by atoms with Crippen LogP contribution in [-0.2, 0) is 14.8 Å². The SMILES string of the molecule is CC(C(=O)Nc1ccc(F)c(F)c1)N1CCN(S(=O)(=O)c2cc(F)ccc2F)CC1. The Morgan fingerprint density at radius 2 is 1.57 bits per heavy atom. The van der Waals surface area contributed by atoms with E-state index in [0.29, 0.717) is 6.07 Å². The Hall–Kier alpha value is -2.50. The van der Waals surface area contributed by atoms with Gasteiger partial charge in [-0.1, -0.05) is 0 Å². The lowest BCUT2D eigenvalue weighted by Gasteiger charge is -2.36. The van der Waals surface area contributed by atoms with E-state index in [9.17, 15) is 30.8 Å². The third kappa shape index (κ3) is 4.63. The highest BCUT2D eigenvalue weighted by molar-refractivity contribution is 7.89. The van der Waals surface area contributed by atoms with Gasteiger partial charge in [-0.05, 0) is 37.3 Å². The highest BCUT2D eigenvalue weighted by Crippen LogP contribution is 2.22. The third-order valence-corrected chi connectivity index (χ3v) is 6.81. The number of anilines is 1. The molecule has 0 spiro atoms. The maximum absolute atomic E-state index is 13.9. The van der Waals surface area contributed by atoms with Crippen molar-refractivity contribution in [2.24, 2.45) is 0 Å². The van der Waals surface area contributed by atoms with Crippen LogP contribution in [0.2, 0.25) is 0 Å². The molecule has 30 heavy (non-hydrogen) atoms. The number of halogens is 4. The van der Waals surface area contributed by atoms with Crippen LogP contribution >= 0.6 is 0 Å². The summed E-state index contributed by atoms with van der Waals surface area (Å²) in [6.07, 6.45) is 0. The van der Waals surface area contributed by atoms with E-state index in [2.05, 4.69) is 5.32 Å². The minimum Gasteiger partial charge on any atom is -0.325 e. The van der Waals surface area contributed by atoms with Crippen molar-refractivity contribution in [3.05, 3.63) is 59.7 Å². The van der Waals surface area contributed by atoms with Crippen molar-refractivity contribution >= 4 is 21.6 Å². The van der Waals surface area contributed by atoms with Crippen molar-refractivity contribution in [1.82, 2.24) is 9.21 Å². The number of amides is 1. The second-order valence-corrected chi connectivity index (χ2v) is 8.72. The average molecular weight is 445 g/mol. The monoisotopic (exact) mass is 445 g/mol. The van der Waals surface area contributed by atoms with Crippen LogP contribution in [0.3, 0.4) is 0 Å². The molecule has 1 aliphatic heterocycles. The Kier molecular flexibility index (Phi) is 6.44. The Bertz CT molecular complexity index is 1060. The van der Waals surface area contributed by atoms with Crippen LogP contribution < -0.4 is 5.32 Å². The lowest BCUT2D eigenvalue weighted by atomic mass is 10.2. The number of rotatable bonds is 5. The lowest BCUT2D eigenvalue weighted by molar-refractivity contribution is -0.121. The molecule has 0 bridgehead atoms. The summed E-state index contributed by atoms with van der Waals surface area (Å²) in [5, 5.41) is 2.48. The molecule has 162 valence electrons. The topological polar surface area (TPSA) is 69.7 Å². The summed E-state index contributed by atoms with van der Waals surface area (Å²) < 4.78 is 79.8. The predicted octanol–water partition coefficient (Wildman–Crippen LogP) is 2.58. The minimum absolute atomic E-state index is 0.0267. The van der Waals surface area contributed by atoms with Crippen LogP contribution in [0.4, 0.5) is 23.2 Å². The zero-order valence-corrected chi connectivity index (χ0v) is 16.7. The van der Waals surface area contributed by atoms with E-state index in [1.807, 2.05) is 0 Å². The van der Waals surface area contributed by atoms with Crippen LogP contribution in [0, 0.1) is 23.3 Å². The Labute approximate surface area is 171 Å². The number of carbonyl (C=O) groups excluding carboxylic acids is 1. The van der Waals surface area contributed by atoms with Crippen LogP contribution in [0.25, 0.3) is 0 Å². The van der Waals surface area contributed by atoms with E-state index in [0.717, 1.165) is 28.6 Å². The molecule has 1 saturated heterocycles. The molecule has 0 saturated carbocycles. The van der Waals surface area contributed by atoms with Gasteiger partial charge < -0.3 is 5.32 Å². The summed E-state index contributed by atoms with van der Waals surface area (Å²) in [6, 6.07) is 4.51. The van der Waals surface area contributed by atoms with Crippen LogP contribution in [-0.4, -0.2) is 55.8 Å². The van der Waals surface area contributed by atoms with Gasteiger partial charge in [-0.15, -0.1) is 0 Å². The molecule has 3 rings (SSSR count). The molecule has 1 aliphatic rings. The number of sulfonamides is 1. The first-order valence-corrected chi connectivity index (χ1v) is 10.5. The number of hydrogen-bond donors (Lipinski definition) is 1. The van der Waals surface area contributed by atoms with Crippen molar-refractivity contribution < 1.29 is 30.8 Å². The Morgan fingerprint density at radius 3 is 2.20 bits per heavy atom. The normalized spacial score (nSPS) is 17.0. The first kappa shape index (κ1) is 22.2. The Morgan fingerprint density at radius 1 is 0.933 bits per heavy atom. The van der Waals surface area contributed by atoms with E-state index in [-0.39, 0.29) is 31.9 Å². The third-order valence-electron chi connectivity index (χ3n) is 4.90. The maximum Gasteiger partial charge on any atom is 0.246 e. The van der Waals surface area contributed by atoms with E-state index in [1.54, 1.807) is 11.8 Å². The molecule has 1 atom stereocenters. The molecule has 1 amide bonds. The van der Waals surface area contributed by atoms with Gasteiger partial charge in [0.15, 0.2) is 11.6 Å². The van der Waals surface area contributed by atoms with E-state index >= 15 is 0 Å². The van der Waals surface area contributed by atoms with Gasteiger partial charge in [0, 0.05) is 37.9 Å². The van der Waals surface area contributed by atoms with Gasteiger partial charge in [0.05, 0.1) is 6.04 Å². The molecule has 1 unspecified atom stereocenters. The smallest absolute Gasteiger partial charge is 0.246 e. The molecule has 1 fully saturated rings. The number of nitrogens with zero attached hydrogens (tertiary/aromatic N) is 2. The molecule has 0 radical (unpaired) electrons. The summed E-state index contributed by atoms with van der Waals surface area (Å²) in [7, 11) is -4.23. The number of nitrogens with one attached hydrogen (secondary N) is 1. The summed E-state index contributed by atoms with van der Waals surface area (Å²) >= 11 is 0. The first-order chi connectivity index (χ1) is 14.1. The zero-order chi connectivity index (χ0) is 22.1. The standard InChI is InChI=1S/C19H19F4N3O3S/c1-12(19(27)24-14-3-5-15(21)17(23)11-14)25-6-8-26(9-7-25)30(28,29)18-10-13(20)2-4-16(18)22/h2-5,10-12H,6-9H2,1H3,(H,24,27). The second-order valence-electron chi connectivity index (χ2n) is 6.81. The molecule has 2 aromatic rings. The molecule has 6 nitrogen and oxygen atoms in total. The van der Waals surface area contributed by atoms with Crippen molar-refractivity contribution in [2.45, 2.75) is 17.9 Å². The van der Waals surface area contributed by atoms with Crippen LogP contribution in [0.5, 0.6) is 0 Å². The minimum atomic E-state index is -4.23. The number of benzene rings is 2. The quantitative estimate of drug-likeness (QED) is 0.719. The van der Waals surface area contributed by atoms with E-state index in [4.69, 9.17) is 0 Å².